The average Bonchev–Trinajstić information content (AvgIpc) is 2.55. The third kappa shape index (κ3) is 4.60. The first-order valence-corrected chi connectivity index (χ1v) is 7.90. The van der Waals surface area contributed by atoms with Gasteiger partial charge in [0, 0.05) is 0 Å². The van der Waals surface area contributed by atoms with Crippen molar-refractivity contribution >= 4 is 17.2 Å². The second-order valence-corrected chi connectivity index (χ2v) is 5.56. The Labute approximate surface area is 134 Å². The molecule has 0 fully saturated rings. The molecule has 0 saturated heterocycles. The molecule has 0 aromatic heterocycles. The molecule has 0 nitrogen and oxygen atoms in total. The van der Waals surface area contributed by atoms with Crippen LogP contribution in [-0.4, -0.2) is 0 Å². The van der Waals surface area contributed by atoms with Crippen LogP contribution in [0.2, 0.25) is 0 Å². The van der Waals surface area contributed by atoms with Gasteiger partial charge in [-0.2, -0.15) is 0 Å². The first kappa shape index (κ1) is 16.0. The highest BCUT2D eigenvalue weighted by Crippen LogP contribution is 2.21. The second-order valence-electron chi connectivity index (χ2n) is 5.56. The summed E-state index contributed by atoms with van der Waals surface area (Å²) in [5.41, 5.74) is 6.00. The van der Waals surface area contributed by atoms with Gasteiger partial charge in [0.25, 0.3) is 0 Å². The summed E-state index contributed by atoms with van der Waals surface area (Å²) in [4.78, 5) is 0. The van der Waals surface area contributed by atoms with E-state index >= 15 is 0 Å². The van der Waals surface area contributed by atoms with E-state index in [2.05, 4.69) is 86.3 Å². The van der Waals surface area contributed by atoms with Crippen molar-refractivity contribution in [1.82, 2.24) is 0 Å². The molecule has 0 aliphatic rings. The molecule has 0 spiro atoms. The zero-order valence-corrected chi connectivity index (χ0v) is 13.5. The van der Waals surface area contributed by atoms with Crippen LogP contribution in [0, 0.1) is 0 Å². The van der Waals surface area contributed by atoms with Gasteiger partial charge in [-0.25, -0.2) is 0 Å². The molecular formula is C22H24. The summed E-state index contributed by atoms with van der Waals surface area (Å²) >= 11 is 0. The number of allylic oxidation sites excluding steroid dienone is 4. The van der Waals surface area contributed by atoms with E-state index in [0.29, 0.717) is 0 Å². The molecule has 0 radical (unpaired) electrons. The molecule has 0 saturated carbocycles. The highest BCUT2D eigenvalue weighted by molar-refractivity contribution is 5.87. The summed E-state index contributed by atoms with van der Waals surface area (Å²) in [6.45, 7) is 8.22. The smallest absolute Gasteiger partial charge is 0.0181 e. The van der Waals surface area contributed by atoms with E-state index in [4.69, 9.17) is 0 Å². The number of hydrogen-bond acceptors (Lipinski definition) is 0. The molecular weight excluding hydrogens is 264 g/mol. The van der Waals surface area contributed by atoms with Gasteiger partial charge in [0.15, 0.2) is 0 Å². The fraction of sp³-hybridized carbons (Fsp3) is 0.182. The van der Waals surface area contributed by atoms with E-state index in [1.165, 1.54) is 28.7 Å². The van der Waals surface area contributed by atoms with Crippen molar-refractivity contribution in [2.75, 3.05) is 0 Å². The Morgan fingerprint density at radius 1 is 0.955 bits per heavy atom. The summed E-state index contributed by atoms with van der Waals surface area (Å²) in [5, 5.41) is 0. The second kappa shape index (κ2) is 8.19. The average molecular weight is 288 g/mol. The Morgan fingerprint density at radius 3 is 2.23 bits per heavy atom. The highest BCUT2D eigenvalue weighted by Gasteiger charge is 1.99. The van der Waals surface area contributed by atoms with Gasteiger partial charge in [-0.15, -0.1) is 0 Å². The Kier molecular flexibility index (Phi) is 5.97. The SMILES string of the molecule is C=C(C)c1ccc(C=C(C=CCCC)c2ccccc2)cc1. The molecule has 0 unspecified atom stereocenters. The van der Waals surface area contributed by atoms with Gasteiger partial charge in [-0.1, -0.05) is 92.2 Å². The summed E-state index contributed by atoms with van der Waals surface area (Å²) in [6, 6.07) is 19.1. The number of unbranched alkanes of at least 4 members (excludes halogenated alkanes) is 1. The maximum atomic E-state index is 3.99. The van der Waals surface area contributed by atoms with Crippen LogP contribution >= 0.6 is 0 Å². The van der Waals surface area contributed by atoms with Crippen molar-refractivity contribution in [2.24, 2.45) is 0 Å². The van der Waals surface area contributed by atoms with E-state index in [1.807, 2.05) is 6.92 Å². The topological polar surface area (TPSA) is 0 Å². The minimum absolute atomic E-state index is 1.10. The maximum Gasteiger partial charge on any atom is -0.0181 e. The predicted molar refractivity (Wildman–Crippen MR) is 99.5 cm³/mol. The van der Waals surface area contributed by atoms with Crippen LogP contribution in [0.5, 0.6) is 0 Å². The first-order chi connectivity index (χ1) is 10.7. The lowest BCUT2D eigenvalue weighted by atomic mass is 10.0. The molecule has 2 aromatic rings. The molecule has 0 bridgehead atoms. The third-order valence-corrected chi connectivity index (χ3v) is 3.59. The van der Waals surface area contributed by atoms with E-state index < -0.39 is 0 Å². The standard InChI is InChI=1S/C22H24/c1-4-5-7-12-22(21-10-8-6-9-11-21)17-19-13-15-20(16-14-19)18(2)3/h6-17H,2,4-5H2,1,3H3. The largest absolute Gasteiger partial charge is 0.0955 e. The van der Waals surface area contributed by atoms with Gasteiger partial charge in [0.1, 0.15) is 0 Å². The third-order valence-electron chi connectivity index (χ3n) is 3.59. The molecule has 0 heteroatoms. The Morgan fingerprint density at radius 2 is 1.64 bits per heavy atom. The molecule has 0 amide bonds. The van der Waals surface area contributed by atoms with Crippen LogP contribution in [0.25, 0.3) is 17.2 Å². The minimum Gasteiger partial charge on any atom is -0.0955 e. The molecule has 0 aliphatic carbocycles. The molecule has 0 heterocycles. The van der Waals surface area contributed by atoms with Crippen molar-refractivity contribution < 1.29 is 0 Å². The van der Waals surface area contributed by atoms with Crippen molar-refractivity contribution in [3.8, 4) is 0 Å². The van der Waals surface area contributed by atoms with E-state index in [9.17, 15) is 0 Å². The van der Waals surface area contributed by atoms with Crippen LogP contribution in [0.3, 0.4) is 0 Å². The van der Waals surface area contributed by atoms with Gasteiger partial charge in [-0.3, -0.25) is 0 Å². The number of hydrogen-bond donors (Lipinski definition) is 0. The van der Waals surface area contributed by atoms with Crippen molar-refractivity contribution in [3.63, 3.8) is 0 Å². The predicted octanol–water partition coefficient (Wildman–Crippen LogP) is 6.62. The molecule has 2 aromatic carbocycles. The normalized spacial score (nSPS) is 11.8. The first-order valence-electron chi connectivity index (χ1n) is 7.90. The lowest BCUT2D eigenvalue weighted by Crippen LogP contribution is -1.83. The van der Waals surface area contributed by atoms with Gasteiger partial charge in [0.05, 0.1) is 0 Å². The Bertz CT molecular complexity index is 655. The quantitative estimate of drug-likeness (QED) is 0.414. The monoisotopic (exact) mass is 288 g/mol. The van der Waals surface area contributed by atoms with Crippen molar-refractivity contribution in [1.29, 1.82) is 0 Å². The van der Waals surface area contributed by atoms with Gasteiger partial charge >= 0.3 is 0 Å². The molecule has 2 rings (SSSR count). The number of benzene rings is 2. The fourth-order valence-corrected chi connectivity index (χ4v) is 2.28. The van der Waals surface area contributed by atoms with Crippen LogP contribution in [0.1, 0.15) is 43.4 Å². The molecule has 22 heavy (non-hydrogen) atoms. The van der Waals surface area contributed by atoms with Crippen molar-refractivity contribution in [2.45, 2.75) is 26.7 Å². The summed E-state index contributed by atoms with van der Waals surface area (Å²) in [6.07, 6.45) is 9.00. The highest BCUT2D eigenvalue weighted by atomic mass is 14.0. The Hall–Kier alpha value is -2.34. The van der Waals surface area contributed by atoms with E-state index in [-0.39, 0.29) is 0 Å². The van der Waals surface area contributed by atoms with Gasteiger partial charge in [0.2, 0.25) is 0 Å². The lowest BCUT2D eigenvalue weighted by Gasteiger charge is -2.05. The zero-order valence-electron chi connectivity index (χ0n) is 13.5. The van der Waals surface area contributed by atoms with Crippen LogP contribution in [0.15, 0.2) is 73.3 Å². The van der Waals surface area contributed by atoms with Crippen LogP contribution < -0.4 is 0 Å². The van der Waals surface area contributed by atoms with Gasteiger partial charge < -0.3 is 0 Å². The fourth-order valence-electron chi connectivity index (χ4n) is 2.28. The number of rotatable bonds is 6. The Balaban J connectivity index is 2.33. The van der Waals surface area contributed by atoms with E-state index in [1.54, 1.807) is 0 Å². The van der Waals surface area contributed by atoms with Crippen LogP contribution in [-0.2, 0) is 0 Å². The maximum absolute atomic E-state index is 3.99. The summed E-state index contributed by atoms with van der Waals surface area (Å²) in [7, 11) is 0. The molecule has 0 atom stereocenters. The van der Waals surface area contributed by atoms with Crippen molar-refractivity contribution in [3.05, 3.63) is 90.0 Å². The van der Waals surface area contributed by atoms with Gasteiger partial charge in [-0.05, 0) is 41.7 Å². The summed E-state index contributed by atoms with van der Waals surface area (Å²) < 4.78 is 0. The van der Waals surface area contributed by atoms with Crippen LogP contribution in [0.4, 0.5) is 0 Å². The zero-order chi connectivity index (χ0) is 15.8. The molecule has 0 aliphatic heterocycles. The molecule has 112 valence electrons. The van der Waals surface area contributed by atoms with E-state index in [0.717, 1.165) is 12.0 Å². The molecule has 0 N–H and O–H groups in total. The lowest BCUT2D eigenvalue weighted by molar-refractivity contribution is 0.959. The summed E-state index contributed by atoms with van der Waals surface area (Å²) in [5.74, 6) is 0. The minimum atomic E-state index is 1.10.